The quantitative estimate of drug-likeness (QED) is 0.358. The molecule has 1 aromatic rings. The zero-order chi connectivity index (χ0) is 17.6. The van der Waals surface area contributed by atoms with Crippen LogP contribution in [-0.2, 0) is 14.8 Å². The van der Waals surface area contributed by atoms with Gasteiger partial charge in [0.2, 0.25) is 10.0 Å². The molecule has 1 aromatic carbocycles. The summed E-state index contributed by atoms with van der Waals surface area (Å²) in [4.78, 5) is 21.4. The van der Waals surface area contributed by atoms with Crippen molar-refractivity contribution in [3.05, 3.63) is 33.9 Å². The number of nitrogens with zero attached hydrogens (tertiary/aromatic N) is 2. The van der Waals surface area contributed by atoms with Gasteiger partial charge in [-0.1, -0.05) is 6.07 Å². The van der Waals surface area contributed by atoms with Crippen molar-refractivity contribution < 1.29 is 33.1 Å². The van der Waals surface area contributed by atoms with Crippen LogP contribution in [0.3, 0.4) is 0 Å². The van der Waals surface area contributed by atoms with E-state index in [9.17, 15) is 23.3 Å². The highest BCUT2D eigenvalue weighted by molar-refractivity contribution is 7.89. The van der Waals surface area contributed by atoms with E-state index in [1.165, 1.54) is 0 Å². The molecule has 0 unspecified atom stereocenters. The van der Waals surface area contributed by atoms with Crippen LogP contribution in [0, 0.1) is 10.1 Å². The highest BCUT2D eigenvalue weighted by atomic mass is 32.2. The number of aliphatic hydroxyl groups is 2. The predicted molar refractivity (Wildman–Crippen MR) is 77.4 cm³/mol. The van der Waals surface area contributed by atoms with Crippen LogP contribution in [0.4, 0.5) is 5.69 Å². The van der Waals surface area contributed by atoms with Gasteiger partial charge in [-0.3, -0.25) is 10.1 Å². The van der Waals surface area contributed by atoms with Gasteiger partial charge in [-0.15, -0.1) is 0 Å². The topological polar surface area (TPSA) is 147 Å². The fraction of sp³-hybridized carbons (Fsp3) is 0.417. The molecule has 128 valence electrons. The minimum absolute atomic E-state index is 0.341. The number of nitro benzene ring substituents is 1. The normalized spacial score (nSPS) is 11.5. The van der Waals surface area contributed by atoms with E-state index in [1.54, 1.807) is 0 Å². The van der Waals surface area contributed by atoms with Gasteiger partial charge in [-0.05, 0) is 6.07 Å². The Balaban J connectivity index is 3.60. The van der Waals surface area contributed by atoms with Crippen molar-refractivity contribution in [2.75, 3.05) is 33.4 Å². The third kappa shape index (κ3) is 4.01. The maximum Gasteiger partial charge on any atom is 0.346 e. The van der Waals surface area contributed by atoms with Gasteiger partial charge in [0.15, 0.2) is 5.56 Å². The summed E-state index contributed by atoms with van der Waals surface area (Å²) in [5.41, 5.74) is -1.42. The van der Waals surface area contributed by atoms with Crippen LogP contribution in [-0.4, -0.2) is 67.2 Å². The summed E-state index contributed by atoms with van der Waals surface area (Å²) >= 11 is 0. The van der Waals surface area contributed by atoms with Crippen molar-refractivity contribution in [1.82, 2.24) is 4.31 Å². The van der Waals surface area contributed by atoms with E-state index in [2.05, 4.69) is 4.74 Å². The van der Waals surface area contributed by atoms with Gasteiger partial charge in [-0.2, -0.15) is 4.31 Å². The van der Waals surface area contributed by atoms with Crippen LogP contribution in [0.5, 0.6) is 0 Å². The maximum absolute atomic E-state index is 12.6. The number of aliphatic hydroxyl groups excluding tert-OH is 2. The zero-order valence-corrected chi connectivity index (χ0v) is 13.0. The molecule has 0 aromatic heterocycles. The summed E-state index contributed by atoms with van der Waals surface area (Å²) in [6.45, 7) is -1.73. The van der Waals surface area contributed by atoms with Gasteiger partial charge in [0.1, 0.15) is 4.90 Å². The number of sulfonamides is 1. The molecule has 0 amide bonds. The molecule has 0 aliphatic heterocycles. The molecule has 10 nitrogen and oxygen atoms in total. The molecule has 11 heteroatoms. The number of carbonyl (C=O) groups excluding carboxylic acids is 1. The summed E-state index contributed by atoms with van der Waals surface area (Å²) in [5, 5.41) is 29.0. The molecule has 0 aliphatic rings. The van der Waals surface area contributed by atoms with E-state index < -0.39 is 50.3 Å². The first kappa shape index (κ1) is 19.0. The minimum Gasteiger partial charge on any atom is -0.465 e. The van der Waals surface area contributed by atoms with Crippen molar-refractivity contribution >= 4 is 21.7 Å². The molecule has 0 spiro atoms. The number of nitro groups is 1. The number of benzene rings is 1. The number of hydrogen-bond acceptors (Lipinski definition) is 8. The number of esters is 1. The second-order valence-corrected chi connectivity index (χ2v) is 6.16. The maximum atomic E-state index is 12.6. The average molecular weight is 348 g/mol. The van der Waals surface area contributed by atoms with Crippen LogP contribution in [0.25, 0.3) is 0 Å². The molecule has 0 saturated carbocycles. The highest BCUT2D eigenvalue weighted by Gasteiger charge is 2.34. The summed E-state index contributed by atoms with van der Waals surface area (Å²) in [7, 11) is -3.39. The lowest BCUT2D eigenvalue weighted by molar-refractivity contribution is -0.385. The molecule has 0 heterocycles. The second-order valence-electron chi connectivity index (χ2n) is 4.25. The summed E-state index contributed by atoms with van der Waals surface area (Å²) in [5.74, 6) is -1.18. The number of ether oxygens (including phenoxy) is 1. The summed E-state index contributed by atoms with van der Waals surface area (Å²) in [6.07, 6.45) is 0. The molecule has 0 aliphatic carbocycles. The fourth-order valence-corrected chi connectivity index (χ4v) is 3.53. The molecular formula is C12H16N2O8S. The molecule has 2 N–H and O–H groups in total. The van der Waals surface area contributed by atoms with Crippen LogP contribution in [0.2, 0.25) is 0 Å². The van der Waals surface area contributed by atoms with Gasteiger partial charge >= 0.3 is 5.97 Å². The van der Waals surface area contributed by atoms with E-state index in [-0.39, 0.29) is 13.1 Å². The van der Waals surface area contributed by atoms with E-state index in [0.29, 0.717) is 0 Å². The molecular weight excluding hydrogens is 332 g/mol. The fourth-order valence-electron chi connectivity index (χ4n) is 1.91. The standard InChI is InChI=1S/C12H16N2O8S/c1-22-12(17)11-9(14(18)19)3-2-4-10(11)23(20,21)13(5-7-15)6-8-16/h2-4,15-16H,5-8H2,1H3. The first-order valence-electron chi connectivity index (χ1n) is 6.38. The zero-order valence-electron chi connectivity index (χ0n) is 12.2. The number of hydrogen-bond donors (Lipinski definition) is 2. The van der Waals surface area contributed by atoms with Crippen LogP contribution in [0.15, 0.2) is 23.1 Å². The Hall–Kier alpha value is -2.08. The lowest BCUT2D eigenvalue weighted by Crippen LogP contribution is -2.36. The van der Waals surface area contributed by atoms with Crippen molar-refractivity contribution in [3.63, 3.8) is 0 Å². The Morgan fingerprint density at radius 3 is 2.30 bits per heavy atom. The number of rotatable bonds is 8. The smallest absolute Gasteiger partial charge is 0.346 e. The Kier molecular flexibility index (Phi) is 6.57. The van der Waals surface area contributed by atoms with E-state index >= 15 is 0 Å². The number of carbonyl (C=O) groups is 1. The molecule has 0 bridgehead atoms. The van der Waals surface area contributed by atoms with E-state index in [0.717, 1.165) is 29.6 Å². The predicted octanol–water partition coefficient (Wildman–Crippen LogP) is -0.643. The molecule has 23 heavy (non-hydrogen) atoms. The SMILES string of the molecule is COC(=O)c1c([N+](=O)[O-])cccc1S(=O)(=O)N(CCO)CCO. The first-order valence-corrected chi connectivity index (χ1v) is 7.82. The van der Waals surface area contributed by atoms with Gasteiger partial charge in [0.25, 0.3) is 5.69 Å². The summed E-state index contributed by atoms with van der Waals surface area (Å²) < 4.78 is 30.4. The van der Waals surface area contributed by atoms with Gasteiger partial charge in [-0.25, -0.2) is 13.2 Å². The van der Waals surface area contributed by atoms with Gasteiger partial charge in [0.05, 0.1) is 25.2 Å². The van der Waals surface area contributed by atoms with E-state index in [1.807, 2.05) is 0 Å². The molecule has 0 atom stereocenters. The van der Waals surface area contributed by atoms with Crippen LogP contribution < -0.4 is 0 Å². The Labute approximate surface area is 132 Å². The molecule has 0 fully saturated rings. The Bertz CT molecular complexity index is 682. The molecule has 0 saturated heterocycles. The third-order valence-corrected chi connectivity index (χ3v) is 4.85. The van der Waals surface area contributed by atoms with Crippen LogP contribution >= 0.6 is 0 Å². The molecule has 0 radical (unpaired) electrons. The van der Waals surface area contributed by atoms with Gasteiger partial charge in [0, 0.05) is 19.2 Å². The van der Waals surface area contributed by atoms with Crippen molar-refractivity contribution in [1.29, 1.82) is 0 Å². The second kappa shape index (κ2) is 7.97. The highest BCUT2D eigenvalue weighted by Crippen LogP contribution is 2.28. The largest absolute Gasteiger partial charge is 0.465 e. The Morgan fingerprint density at radius 1 is 1.30 bits per heavy atom. The summed E-state index contributed by atoms with van der Waals surface area (Å²) in [6, 6.07) is 3.12. The lowest BCUT2D eigenvalue weighted by Gasteiger charge is -2.21. The number of methoxy groups -OCH3 is 1. The van der Waals surface area contributed by atoms with Crippen molar-refractivity contribution in [2.45, 2.75) is 4.90 Å². The monoisotopic (exact) mass is 348 g/mol. The van der Waals surface area contributed by atoms with E-state index in [4.69, 9.17) is 10.2 Å². The van der Waals surface area contributed by atoms with Crippen LogP contribution in [0.1, 0.15) is 10.4 Å². The minimum atomic E-state index is -4.36. The molecule has 1 rings (SSSR count). The average Bonchev–Trinajstić information content (AvgIpc) is 2.53. The first-order chi connectivity index (χ1) is 10.8. The third-order valence-electron chi connectivity index (χ3n) is 2.91. The Morgan fingerprint density at radius 2 is 1.87 bits per heavy atom. The van der Waals surface area contributed by atoms with Crippen molar-refractivity contribution in [2.24, 2.45) is 0 Å². The van der Waals surface area contributed by atoms with Crippen molar-refractivity contribution in [3.8, 4) is 0 Å². The van der Waals surface area contributed by atoms with Gasteiger partial charge < -0.3 is 14.9 Å². The lowest BCUT2D eigenvalue weighted by atomic mass is 10.2.